The molecular formula is C8H8N4OS. The summed E-state index contributed by atoms with van der Waals surface area (Å²) in [5, 5.41) is 14.8. The van der Waals surface area contributed by atoms with Gasteiger partial charge in [-0.3, -0.25) is 0 Å². The van der Waals surface area contributed by atoms with E-state index in [9.17, 15) is 5.21 Å². The van der Waals surface area contributed by atoms with Gasteiger partial charge >= 0.3 is 0 Å². The first kappa shape index (κ1) is 9.01. The number of aromatic nitrogens is 3. The third-order valence-corrected chi connectivity index (χ3v) is 2.54. The highest BCUT2D eigenvalue weighted by atomic mass is 32.2. The summed E-state index contributed by atoms with van der Waals surface area (Å²) in [5.74, 6) is -0.00981. The summed E-state index contributed by atoms with van der Waals surface area (Å²) in [6, 6.07) is 5.39. The smallest absolute Gasteiger partial charge is 0.288 e. The van der Waals surface area contributed by atoms with Crippen LogP contribution < -0.4 is 10.6 Å². The molecule has 0 saturated heterocycles. The summed E-state index contributed by atoms with van der Waals surface area (Å²) in [6.07, 6.45) is 1.94. The second kappa shape index (κ2) is 3.30. The molecule has 2 rings (SSSR count). The Hall–Kier alpha value is -1.56. The normalized spacial score (nSPS) is 10.6. The Kier molecular flexibility index (Phi) is 2.12. The van der Waals surface area contributed by atoms with E-state index in [1.165, 1.54) is 0 Å². The first-order valence-corrected chi connectivity index (χ1v) is 5.14. The van der Waals surface area contributed by atoms with Crippen molar-refractivity contribution in [3.63, 3.8) is 0 Å². The molecule has 0 aliphatic heterocycles. The maximum absolute atomic E-state index is 11.3. The summed E-state index contributed by atoms with van der Waals surface area (Å²) in [5.41, 5.74) is 6.34. The van der Waals surface area contributed by atoms with Crippen LogP contribution in [0.4, 0.5) is 5.95 Å². The van der Waals surface area contributed by atoms with Crippen LogP contribution in [0.5, 0.6) is 0 Å². The molecule has 0 radical (unpaired) electrons. The van der Waals surface area contributed by atoms with Crippen LogP contribution in [-0.4, -0.2) is 16.3 Å². The summed E-state index contributed by atoms with van der Waals surface area (Å²) < 4.78 is 0. The maximum atomic E-state index is 11.3. The predicted molar refractivity (Wildman–Crippen MR) is 54.7 cm³/mol. The summed E-state index contributed by atoms with van der Waals surface area (Å²) in [4.78, 5) is 5.44. The topological polar surface area (TPSA) is 78.7 Å². The summed E-state index contributed by atoms with van der Waals surface area (Å²) in [7, 11) is 0. The number of hydrogen-bond donors (Lipinski definition) is 1. The van der Waals surface area contributed by atoms with E-state index in [0.29, 0.717) is 15.9 Å². The van der Waals surface area contributed by atoms with Gasteiger partial charge in [-0.2, -0.15) is 0 Å². The monoisotopic (exact) mass is 208 g/mol. The summed E-state index contributed by atoms with van der Waals surface area (Å²) in [6.45, 7) is 0. The first-order chi connectivity index (χ1) is 6.70. The Balaban J connectivity index is 2.75. The van der Waals surface area contributed by atoms with Gasteiger partial charge in [0.1, 0.15) is 5.52 Å². The molecule has 0 bridgehead atoms. The van der Waals surface area contributed by atoms with E-state index in [-0.39, 0.29) is 5.95 Å². The van der Waals surface area contributed by atoms with E-state index in [1.807, 2.05) is 12.3 Å². The lowest BCUT2D eigenvalue weighted by molar-refractivity contribution is -0.641. The lowest BCUT2D eigenvalue weighted by Gasteiger charge is -2.00. The van der Waals surface area contributed by atoms with Crippen LogP contribution in [0.15, 0.2) is 23.1 Å². The van der Waals surface area contributed by atoms with Crippen molar-refractivity contribution >= 4 is 28.7 Å². The van der Waals surface area contributed by atoms with Crippen LogP contribution in [0.25, 0.3) is 11.0 Å². The van der Waals surface area contributed by atoms with E-state index in [0.717, 1.165) is 4.90 Å². The Morgan fingerprint density at radius 1 is 1.50 bits per heavy atom. The molecule has 1 aromatic carbocycles. The Labute approximate surface area is 84.5 Å². The van der Waals surface area contributed by atoms with Gasteiger partial charge in [0.25, 0.3) is 11.5 Å². The third kappa shape index (κ3) is 1.44. The second-order valence-corrected chi connectivity index (χ2v) is 3.58. The molecule has 2 N–H and O–H groups in total. The van der Waals surface area contributed by atoms with Crippen molar-refractivity contribution in [1.82, 2.24) is 10.1 Å². The van der Waals surface area contributed by atoms with Crippen molar-refractivity contribution in [1.29, 1.82) is 0 Å². The molecule has 6 heteroatoms. The highest BCUT2D eigenvalue weighted by Gasteiger charge is 2.08. The predicted octanol–water partition coefficient (Wildman–Crippen LogP) is 0.567. The fourth-order valence-corrected chi connectivity index (χ4v) is 1.60. The molecule has 0 amide bonds. The van der Waals surface area contributed by atoms with Crippen LogP contribution >= 0.6 is 11.8 Å². The zero-order chi connectivity index (χ0) is 10.1. The molecule has 0 aliphatic rings. The lowest BCUT2D eigenvalue weighted by atomic mass is 10.3. The number of fused-ring (bicyclic) bond motifs is 1. The molecule has 1 aromatic heterocycles. The third-order valence-electron chi connectivity index (χ3n) is 1.82. The Morgan fingerprint density at radius 3 is 3.00 bits per heavy atom. The fourth-order valence-electron chi connectivity index (χ4n) is 1.17. The average molecular weight is 208 g/mol. The molecule has 0 atom stereocenters. The van der Waals surface area contributed by atoms with E-state index < -0.39 is 0 Å². The van der Waals surface area contributed by atoms with Crippen molar-refractivity contribution in [3.05, 3.63) is 23.4 Å². The van der Waals surface area contributed by atoms with Crippen molar-refractivity contribution in [2.75, 3.05) is 12.0 Å². The van der Waals surface area contributed by atoms with Crippen LogP contribution in [0.3, 0.4) is 0 Å². The van der Waals surface area contributed by atoms with Gasteiger partial charge in [-0.15, -0.1) is 11.8 Å². The SMILES string of the molecule is CSc1ccc2nc(N)n[n+]([O-])c2c1. The van der Waals surface area contributed by atoms with E-state index in [2.05, 4.69) is 10.1 Å². The lowest BCUT2D eigenvalue weighted by Crippen LogP contribution is -2.33. The second-order valence-electron chi connectivity index (χ2n) is 2.70. The van der Waals surface area contributed by atoms with Gasteiger partial charge in [0, 0.05) is 11.0 Å². The maximum Gasteiger partial charge on any atom is 0.288 e. The van der Waals surface area contributed by atoms with Crippen LogP contribution in [0.1, 0.15) is 0 Å². The number of anilines is 1. The van der Waals surface area contributed by atoms with Crippen LogP contribution in [-0.2, 0) is 0 Å². The van der Waals surface area contributed by atoms with E-state index in [4.69, 9.17) is 5.73 Å². The largest absolute Gasteiger partial charge is 0.594 e. The van der Waals surface area contributed by atoms with Crippen molar-refractivity contribution < 1.29 is 4.85 Å². The van der Waals surface area contributed by atoms with E-state index >= 15 is 0 Å². The molecule has 0 spiro atoms. The number of benzene rings is 1. The zero-order valence-electron chi connectivity index (χ0n) is 7.47. The number of thioether (sulfide) groups is 1. The van der Waals surface area contributed by atoms with Gasteiger partial charge in [-0.1, -0.05) is 0 Å². The number of rotatable bonds is 1. The average Bonchev–Trinajstić information content (AvgIpc) is 2.17. The summed E-state index contributed by atoms with van der Waals surface area (Å²) >= 11 is 1.56. The number of nitrogens with zero attached hydrogens (tertiary/aromatic N) is 3. The first-order valence-electron chi connectivity index (χ1n) is 3.92. The highest BCUT2D eigenvalue weighted by Crippen LogP contribution is 2.18. The molecule has 72 valence electrons. The minimum Gasteiger partial charge on any atom is -0.594 e. The van der Waals surface area contributed by atoms with Crippen molar-refractivity contribution in [2.24, 2.45) is 0 Å². The zero-order valence-corrected chi connectivity index (χ0v) is 8.28. The van der Waals surface area contributed by atoms with Crippen LogP contribution in [0, 0.1) is 5.21 Å². The number of nitrogen functional groups attached to an aromatic ring is 1. The quantitative estimate of drug-likeness (QED) is 0.421. The molecule has 0 fully saturated rings. The minimum atomic E-state index is -0.00981. The molecule has 0 saturated carbocycles. The Morgan fingerprint density at radius 2 is 2.29 bits per heavy atom. The Bertz CT molecular complexity index is 488. The molecule has 0 aliphatic carbocycles. The molecule has 0 unspecified atom stereocenters. The number of hydrogen-bond acceptors (Lipinski definition) is 5. The van der Waals surface area contributed by atoms with Gasteiger partial charge in [0.2, 0.25) is 0 Å². The van der Waals surface area contributed by atoms with Crippen molar-refractivity contribution in [3.8, 4) is 0 Å². The van der Waals surface area contributed by atoms with E-state index in [1.54, 1.807) is 23.9 Å². The molecular weight excluding hydrogens is 200 g/mol. The van der Waals surface area contributed by atoms with Gasteiger partial charge in [0.15, 0.2) is 0 Å². The van der Waals surface area contributed by atoms with Crippen LogP contribution in [0.2, 0.25) is 0 Å². The molecule has 14 heavy (non-hydrogen) atoms. The van der Waals surface area contributed by atoms with Gasteiger partial charge < -0.3 is 10.9 Å². The van der Waals surface area contributed by atoms with Gasteiger partial charge in [-0.05, 0) is 23.2 Å². The highest BCUT2D eigenvalue weighted by molar-refractivity contribution is 7.98. The minimum absolute atomic E-state index is 0.00981. The molecule has 5 nitrogen and oxygen atoms in total. The number of nitrogens with two attached hydrogens (primary N) is 1. The van der Waals surface area contributed by atoms with Gasteiger partial charge in [-0.25, -0.2) is 4.98 Å². The van der Waals surface area contributed by atoms with Gasteiger partial charge in [0.05, 0.1) is 5.10 Å². The fraction of sp³-hybridized carbons (Fsp3) is 0.125. The molecule has 1 heterocycles. The van der Waals surface area contributed by atoms with Crippen molar-refractivity contribution in [2.45, 2.75) is 4.90 Å². The molecule has 2 aromatic rings. The standard InChI is InChI=1S/C8H8N4OS/c1-14-5-2-3-6-7(4-5)12(13)11-8(9)10-6/h2-4H,1H3,(H2,9,10,11).